The number of halogens is 2. The molecule has 2 aromatic carbocycles. The van der Waals surface area contributed by atoms with Crippen LogP contribution >= 0.6 is 23.2 Å². The van der Waals surface area contributed by atoms with Gasteiger partial charge in [-0.25, -0.2) is 0 Å². The van der Waals surface area contributed by atoms with Crippen LogP contribution in [-0.2, 0) is 4.74 Å². The van der Waals surface area contributed by atoms with E-state index in [2.05, 4.69) is 34.5 Å². The summed E-state index contributed by atoms with van der Waals surface area (Å²) in [7, 11) is 4.04. The Kier molecular flexibility index (Phi) is 5.51. The minimum Gasteiger partial charge on any atom is -0.489 e. The fraction of sp³-hybridized carbons (Fsp3) is 0.333. The molecule has 0 aliphatic carbocycles. The molecule has 1 N–H and O–H groups in total. The van der Waals surface area contributed by atoms with Gasteiger partial charge in [0.2, 0.25) is 0 Å². The molecule has 3 rings (SSSR count). The van der Waals surface area contributed by atoms with Crippen LogP contribution in [0.1, 0.15) is 11.8 Å². The SMILES string of the molecule is CN(C)c1ccc(C2NCC(COc3cc(Cl)ccc3Cl)O2)cc1. The Morgan fingerprint density at radius 2 is 1.92 bits per heavy atom. The molecule has 6 heteroatoms. The predicted molar refractivity (Wildman–Crippen MR) is 98.3 cm³/mol. The zero-order valence-corrected chi connectivity index (χ0v) is 15.1. The van der Waals surface area contributed by atoms with E-state index < -0.39 is 0 Å². The van der Waals surface area contributed by atoms with Crippen molar-refractivity contribution in [2.75, 3.05) is 32.1 Å². The van der Waals surface area contributed by atoms with Crippen LogP contribution in [0.4, 0.5) is 5.69 Å². The van der Waals surface area contributed by atoms with Crippen LogP contribution in [0.5, 0.6) is 5.75 Å². The molecule has 1 aliphatic heterocycles. The Morgan fingerprint density at radius 3 is 2.62 bits per heavy atom. The molecule has 0 amide bonds. The van der Waals surface area contributed by atoms with E-state index in [1.807, 2.05) is 14.1 Å². The predicted octanol–water partition coefficient (Wildman–Crippen LogP) is 4.13. The van der Waals surface area contributed by atoms with E-state index in [9.17, 15) is 0 Å². The molecule has 0 radical (unpaired) electrons. The molecule has 0 spiro atoms. The van der Waals surface area contributed by atoms with Gasteiger partial charge in [-0.3, -0.25) is 5.32 Å². The Balaban J connectivity index is 1.56. The molecule has 1 aliphatic rings. The van der Waals surface area contributed by atoms with E-state index in [0.29, 0.717) is 22.4 Å². The third-order valence-corrected chi connectivity index (χ3v) is 4.44. The lowest BCUT2D eigenvalue weighted by molar-refractivity contribution is 0.0159. The van der Waals surface area contributed by atoms with E-state index in [1.165, 1.54) is 0 Å². The third kappa shape index (κ3) is 4.14. The number of anilines is 1. The molecular formula is C18H20Cl2N2O2. The molecule has 0 saturated carbocycles. The van der Waals surface area contributed by atoms with Crippen LogP contribution in [0.3, 0.4) is 0 Å². The Bertz CT molecular complexity index is 692. The normalized spacial score (nSPS) is 20.2. The highest BCUT2D eigenvalue weighted by atomic mass is 35.5. The van der Waals surface area contributed by atoms with Crippen molar-refractivity contribution in [2.24, 2.45) is 0 Å². The van der Waals surface area contributed by atoms with Gasteiger partial charge in [-0.2, -0.15) is 0 Å². The topological polar surface area (TPSA) is 33.7 Å². The van der Waals surface area contributed by atoms with Gasteiger partial charge in [0.05, 0.1) is 5.02 Å². The van der Waals surface area contributed by atoms with Gasteiger partial charge in [-0.1, -0.05) is 35.3 Å². The minimum absolute atomic E-state index is 0.0430. The van der Waals surface area contributed by atoms with E-state index in [0.717, 1.165) is 17.8 Å². The molecule has 128 valence electrons. The molecule has 2 unspecified atom stereocenters. The van der Waals surface area contributed by atoms with Gasteiger partial charge >= 0.3 is 0 Å². The summed E-state index contributed by atoms with van der Waals surface area (Å²) in [5.41, 5.74) is 2.26. The lowest BCUT2D eigenvalue weighted by atomic mass is 10.2. The second-order valence-electron chi connectivity index (χ2n) is 5.92. The van der Waals surface area contributed by atoms with Gasteiger partial charge in [0, 0.05) is 37.4 Å². The summed E-state index contributed by atoms with van der Waals surface area (Å²) in [6, 6.07) is 13.5. The molecule has 1 fully saturated rings. The first-order chi connectivity index (χ1) is 11.5. The van der Waals surface area contributed by atoms with Crippen molar-refractivity contribution >= 4 is 28.9 Å². The average Bonchev–Trinajstić information content (AvgIpc) is 3.05. The second-order valence-corrected chi connectivity index (χ2v) is 6.76. The molecule has 2 aromatic rings. The van der Waals surface area contributed by atoms with Gasteiger partial charge in [-0.15, -0.1) is 0 Å². The molecule has 0 aromatic heterocycles. The summed E-state index contributed by atoms with van der Waals surface area (Å²) < 4.78 is 11.8. The minimum atomic E-state index is -0.121. The molecule has 2 atom stereocenters. The zero-order chi connectivity index (χ0) is 17.1. The highest BCUT2D eigenvalue weighted by molar-refractivity contribution is 6.34. The summed E-state index contributed by atoms with van der Waals surface area (Å²) in [6.07, 6.45) is -0.164. The lowest BCUT2D eigenvalue weighted by Crippen LogP contribution is -2.22. The van der Waals surface area contributed by atoms with Crippen molar-refractivity contribution in [3.63, 3.8) is 0 Å². The monoisotopic (exact) mass is 366 g/mol. The quantitative estimate of drug-likeness (QED) is 0.862. The molecule has 0 bridgehead atoms. The van der Waals surface area contributed by atoms with Crippen LogP contribution in [-0.4, -0.2) is 33.4 Å². The number of ether oxygens (including phenoxy) is 2. The maximum atomic E-state index is 6.10. The largest absolute Gasteiger partial charge is 0.489 e. The highest BCUT2D eigenvalue weighted by Gasteiger charge is 2.26. The number of nitrogens with zero attached hydrogens (tertiary/aromatic N) is 1. The lowest BCUT2D eigenvalue weighted by Gasteiger charge is -2.16. The van der Waals surface area contributed by atoms with Crippen molar-refractivity contribution in [3.05, 3.63) is 58.1 Å². The molecule has 4 nitrogen and oxygen atoms in total. The number of rotatable bonds is 5. The number of hydrogen-bond donors (Lipinski definition) is 1. The maximum absolute atomic E-state index is 6.10. The van der Waals surface area contributed by atoms with E-state index in [-0.39, 0.29) is 12.3 Å². The van der Waals surface area contributed by atoms with Crippen molar-refractivity contribution in [2.45, 2.75) is 12.3 Å². The average molecular weight is 367 g/mol. The van der Waals surface area contributed by atoms with Gasteiger partial charge < -0.3 is 14.4 Å². The van der Waals surface area contributed by atoms with Crippen LogP contribution in [0.15, 0.2) is 42.5 Å². The summed E-state index contributed by atoms with van der Waals surface area (Å²) >= 11 is 12.1. The van der Waals surface area contributed by atoms with Crippen molar-refractivity contribution in [1.82, 2.24) is 5.32 Å². The van der Waals surface area contributed by atoms with E-state index in [4.69, 9.17) is 32.7 Å². The van der Waals surface area contributed by atoms with Gasteiger partial charge in [0.1, 0.15) is 24.7 Å². The summed E-state index contributed by atoms with van der Waals surface area (Å²) in [4.78, 5) is 2.07. The number of hydrogen-bond acceptors (Lipinski definition) is 4. The highest BCUT2D eigenvalue weighted by Crippen LogP contribution is 2.29. The summed E-state index contributed by atoms with van der Waals surface area (Å²) in [5, 5.41) is 4.50. The first kappa shape index (κ1) is 17.4. The van der Waals surface area contributed by atoms with E-state index in [1.54, 1.807) is 18.2 Å². The Hall–Kier alpha value is -1.46. The Labute approximate surface area is 152 Å². The smallest absolute Gasteiger partial charge is 0.139 e. The first-order valence-corrected chi connectivity index (χ1v) is 8.52. The van der Waals surface area contributed by atoms with Gasteiger partial charge in [0.25, 0.3) is 0 Å². The molecule has 24 heavy (non-hydrogen) atoms. The summed E-state index contributed by atoms with van der Waals surface area (Å²) in [6.45, 7) is 1.14. The van der Waals surface area contributed by atoms with Crippen LogP contribution < -0.4 is 15.0 Å². The molecular weight excluding hydrogens is 347 g/mol. The van der Waals surface area contributed by atoms with Crippen LogP contribution in [0, 0.1) is 0 Å². The standard InChI is InChI=1S/C18H20Cl2N2O2/c1-22(2)14-6-3-12(4-7-14)18-21-10-15(24-18)11-23-17-9-13(19)5-8-16(17)20/h3-9,15,18,21H,10-11H2,1-2H3. The fourth-order valence-electron chi connectivity index (χ4n) is 2.54. The van der Waals surface area contributed by atoms with E-state index >= 15 is 0 Å². The van der Waals surface area contributed by atoms with Crippen molar-refractivity contribution < 1.29 is 9.47 Å². The van der Waals surface area contributed by atoms with Gasteiger partial charge in [-0.05, 0) is 29.8 Å². The van der Waals surface area contributed by atoms with Crippen molar-refractivity contribution in [1.29, 1.82) is 0 Å². The maximum Gasteiger partial charge on any atom is 0.139 e. The summed E-state index contributed by atoms with van der Waals surface area (Å²) in [5.74, 6) is 0.576. The third-order valence-electron chi connectivity index (χ3n) is 3.89. The van der Waals surface area contributed by atoms with Gasteiger partial charge in [0.15, 0.2) is 0 Å². The molecule has 1 saturated heterocycles. The number of nitrogens with one attached hydrogen (secondary N) is 1. The second kappa shape index (κ2) is 7.62. The van der Waals surface area contributed by atoms with Crippen LogP contribution in [0.2, 0.25) is 10.0 Å². The Morgan fingerprint density at radius 1 is 1.17 bits per heavy atom. The fourth-order valence-corrected chi connectivity index (χ4v) is 2.87. The van der Waals surface area contributed by atoms with Crippen LogP contribution in [0.25, 0.3) is 0 Å². The zero-order valence-electron chi connectivity index (χ0n) is 13.6. The number of benzene rings is 2. The van der Waals surface area contributed by atoms with Crippen molar-refractivity contribution in [3.8, 4) is 5.75 Å². The molecule has 1 heterocycles. The first-order valence-electron chi connectivity index (χ1n) is 7.77.